The molecule has 0 bridgehead atoms. The summed E-state index contributed by atoms with van der Waals surface area (Å²) in [7, 11) is 0. The minimum Gasteiger partial charge on any atom is -0.310 e. The number of hydrogen-bond donors (Lipinski definition) is 1. The first-order valence-corrected chi connectivity index (χ1v) is 8.01. The lowest BCUT2D eigenvalue weighted by molar-refractivity contribution is 0.550. The van der Waals surface area contributed by atoms with E-state index in [2.05, 4.69) is 65.4 Å². The largest absolute Gasteiger partial charge is 0.310 e. The van der Waals surface area contributed by atoms with E-state index >= 15 is 0 Å². The summed E-state index contributed by atoms with van der Waals surface area (Å²) in [4.78, 5) is 0. The normalized spacial score (nSPS) is 12.4. The zero-order valence-electron chi connectivity index (χ0n) is 11.8. The summed E-state index contributed by atoms with van der Waals surface area (Å²) in [5, 5.41) is 4.29. The van der Waals surface area contributed by atoms with Crippen molar-refractivity contribution in [2.45, 2.75) is 26.3 Å². The highest BCUT2D eigenvalue weighted by Gasteiger charge is 2.12. The molecule has 0 saturated heterocycles. The molecule has 0 amide bonds. The third kappa shape index (κ3) is 4.08. The van der Waals surface area contributed by atoms with Gasteiger partial charge < -0.3 is 5.32 Å². The summed E-state index contributed by atoms with van der Waals surface area (Å²) in [6.45, 7) is 5.17. The van der Waals surface area contributed by atoms with Gasteiger partial charge in [-0.25, -0.2) is 0 Å². The Labute approximate surface area is 134 Å². The monoisotopic (exact) mass is 351 g/mol. The van der Waals surface area contributed by atoms with Crippen LogP contribution in [0.15, 0.2) is 46.9 Å². The van der Waals surface area contributed by atoms with Crippen LogP contribution in [0.5, 0.6) is 0 Å². The van der Waals surface area contributed by atoms with Crippen molar-refractivity contribution in [1.29, 1.82) is 0 Å². The van der Waals surface area contributed by atoms with E-state index in [0.29, 0.717) is 0 Å². The molecule has 0 aromatic heterocycles. The van der Waals surface area contributed by atoms with Crippen LogP contribution in [-0.4, -0.2) is 6.54 Å². The number of rotatable bonds is 5. The SMILES string of the molecule is CCNC(Cc1ccc(C)cc1)c1ccc(Br)c(Cl)c1. The summed E-state index contributed by atoms with van der Waals surface area (Å²) in [6.07, 6.45) is 0.964. The van der Waals surface area contributed by atoms with Gasteiger partial charge in [-0.2, -0.15) is 0 Å². The topological polar surface area (TPSA) is 12.0 Å². The van der Waals surface area contributed by atoms with E-state index in [1.54, 1.807) is 0 Å². The zero-order valence-corrected chi connectivity index (χ0v) is 14.1. The van der Waals surface area contributed by atoms with Gasteiger partial charge in [0.2, 0.25) is 0 Å². The molecule has 0 fully saturated rings. The molecular weight excluding hydrogens is 334 g/mol. The molecule has 20 heavy (non-hydrogen) atoms. The molecular formula is C17H19BrClN. The van der Waals surface area contributed by atoms with Gasteiger partial charge in [0.05, 0.1) is 5.02 Å². The van der Waals surface area contributed by atoms with E-state index in [9.17, 15) is 0 Å². The van der Waals surface area contributed by atoms with Gasteiger partial charge in [0.25, 0.3) is 0 Å². The van der Waals surface area contributed by atoms with Gasteiger partial charge >= 0.3 is 0 Å². The fourth-order valence-electron chi connectivity index (χ4n) is 2.24. The van der Waals surface area contributed by atoms with Crippen molar-refractivity contribution in [3.63, 3.8) is 0 Å². The molecule has 2 aromatic carbocycles. The van der Waals surface area contributed by atoms with Crippen molar-refractivity contribution in [3.8, 4) is 0 Å². The highest BCUT2D eigenvalue weighted by Crippen LogP contribution is 2.27. The molecule has 0 aliphatic heterocycles. The van der Waals surface area contributed by atoms with Gasteiger partial charge in [-0.3, -0.25) is 0 Å². The molecule has 0 heterocycles. The van der Waals surface area contributed by atoms with Crippen LogP contribution >= 0.6 is 27.5 Å². The average molecular weight is 353 g/mol. The van der Waals surface area contributed by atoms with Gasteiger partial charge in [-0.1, -0.05) is 54.4 Å². The lowest BCUT2D eigenvalue weighted by Crippen LogP contribution is -2.23. The van der Waals surface area contributed by atoms with Crippen molar-refractivity contribution in [2.24, 2.45) is 0 Å². The Hall–Kier alpha value is -0.830. The third-order valence-electron chi connectivity index (χ3n) is 3.36. The second kappa shape index (κ2) is 7.26. The smallest absolute Gasteiger partial charge is 0.0551 e. The molecule has 1 atom stereocenters. The second-order valence-electron chi connectivity index (χ2n) is 4.97. The number of nitrogens with one attached hydrogen (secondary N) is 1. The molecule has 0 aliphatic rings. The zero-order chi connectivity index (χ0) is 14.5. The number of likely N-dealkylation sites (N-methyl/N-ethyl adjacent to an activating group) is 1. The second-order valence-corrected chi connectivity index (χ2v) is 6.24. The lowest BCUT2D eigenvalue weighted by Gasteiger charge is -2.19. The number of hydrogen-bond acceptors (Lipinski definition) is 1. The van der Waals surface area contributed by atoms with E-state index in [1.807, 2.05) is 12.1 Å². The highest BCUT2D eigenvalue weighted by molar-refractivity contribution is 9.10. The summed E-state index contributed by atoms with van der Waals surface area (Å²) in [6, 6.07) is 15.2. The molecule has 0 radical (unpaired) electrons. The van der Waals surface area contributed by atoms with E-state index in [1.165, 1.54) is 16.7 Å². The van der Waals surface area contributed by atoms with Crippen LogP contribution < -0.4 is 5.32 Å². The standard InChI is InChI=1S/C17H19BrClN/c1-3-20-17(10-13-6-4-12(2)5-7-13)14-8-9-15(18)16(19)11-14/h4-9,11,17,20H,3,10H2,1-2H3. The Kier molecular flexibility index (Phi) is 5.64. The van der Waals surface area contributed by atoms with Crippen LogP contribution in [0.1, 0.15) is 29.7 Å². The van der Waals surface area contributed by atoms with E-state index < -0.39 is 0 Å². The fourth-order valence-corrected chi connectivity index (χ4v) is 2.68. The molecule has 1 unspecified atom stereocenters. The van der Waals surface area contributed by atoms with Crippen molar-refractivity contribution in [1.82, 2.24) is 5.32 Å². The first-order chi connectivity index (χ1) is 9.60. The molecule has 2 rings (SSSR count). The molecule has 1 nitrogen and oxygen atoms in total. The Balaban J connectivity index is 2.21. The van der Waals surface area contributed by atoms with E-state index in [0.717, 1.165) is 22.5 Å². The van der Waals surface area contributed by atoms with E-state index in [-0.39, 0.29) is 6.04 Å². The third-order valence-corrected chi connectivity index (χ3v) is 4.59. The Morgan fingerprint density at radius 3 is 2.45 bits per heavy atom. The molecule has 3 heteroatoms. The number of halogens is 2. The minimum absolute atomic E-state index is 0.285. The number of benzene rings is 2. The lowest BCUT2D eigenvalue weighted by atomic mass is 9.98. The van der Waals surface area contributed by atoms with Gasteiger partial charge in [-0.15, -0.1) is 0 Å². The minimum atomic E-state index is 0.285. The van der Waals surface area contributed by atoms with Crippen molar-refractivity contribution >= 4 is 27.5 Å². The summed E-state index contributed by atoms with van der Waals surface area (Å²) in [5.74, 6) is 0. The predicted molar refractivity (Wildman–Crippen MR) is 90.5 cm³/mol. The Morgan fingerprint density at radius 2 is 1.85 bits per heavy atom. The van der Waals surface area contributed by atoms with Crippen LogP contribution in [-0.2, 0) is 6.42 Å². The fraction of sp³-hybridized carbons (Fsp3) is 0.294. The van der Waals surface area contributed by atoms with Crippen LogP contribution in [0, 0.1) is 6.92 Å². The highest BCUT2D eigenvalue weighted by atomic mass is 79.9. The summed E-state index contributed by atoms with van der Waals surface area (Å²) >= 11 is 9.65. The maximum Gasteiger partial charge on any atom is 0.0551 e. The van der Waals surface area contributed by atoms with Gasteiger partial charge in [-0.05, 0) is 59.1 Å². The van der Waals surface area contributed by atoms with Crippen LogP contribution in [0.4, 0.5) is 0 Å². The molecule has 1 N–H and O–H groups in total. The molecule has 0 saturated carbocycles. The molecule has 0 spiro atoms. The molecule has 0 aliphatic carbocycles. The first kappa shape index (κ1) is 15.6. The molecule has 2 aromatic rings. The van der Waals surface area contributed by atoms with Crippen LogP contribution in [0.3, 0.4) is 0 Å². The maximum atomic E-state index is 6.21. The van der Waals surface area contributed by atoms with Crippen molar-refractivity contribution in [3.05, 3.63) is 68.7 Å². The summed E-state index contributed by atoms with van der Waals surface area (Å²) < 4.78 is 0.938. The first-order valence-electron chi connectivity index (χ1n) is 6.84. The van der Waals surface area contributed by atoms with Crippen molar-refractivity contribution in [2.75, 3.05) is 6.54 Å². The van der Waals surface area contributed by atoms with E-state index in [4.69, 9.17) is 11.6 Å². The predicted octanol–water partition coefficient (Wildman–Crippen LogP) is 5.30. The Bertz CT molecular complexity index is 566. The molecule has 106 valence electrons. The van der Waals surface area contributed by atoms with Crippen molar-refractivity contribution < 1.29 is 0 Å². The maximum absolute atomic E-state index is 6.21. The quantitative estimate of drug-likeness (QED) is 0.769. The average Bonchev–Trinajstić information content (AvgIpc) is 2.44. The van der Waals surface area contributed by atoms with Gasteiger partial charge in [0.15, 0.2) is 0 Å². The van der Waals surface area contributed by atoms with Gasteiger partial charge in [0, 0.05) is 10.5 Å². The van der Waals surface area contributed by atoms with Crippen LogP contribution in [0.25, 0.3) is 0 Å². The van der Waals surface area contributed by atoms with Gasteiger partial charge in [0.1, 0.15) is 0 Å². The summed E-state index contributed by atoms with van der Waals surface area (Å²) in [5.41, 5.74) is 3.85. The number of aryl methyl sites for hydroxylation is 1. The Morgan fingerprint density at radius 1 is 1.15 bits per heavy atom. The van der Waals surface area contributed by atoms with Crippen LogP contribution in [0.2, 0.25) is 5.02 Å².